The molecule has 1 aliphatic rings. The Kier molecular flexibility index (Phi) is 3.04. The van der Waals surface area contributed by atoms with Crippen LogP contribution in [0.4, 0.5) is 24.5 Å². The maximum Gasteiger partial charge on any atom is 0.387 e. The van der Waals surface area contributed by atoms with E-state index in [2.05, 4.69) is 10.1 Å². The average molecular weight is 246 g/mol. The molecule has 0 bridgehead atoms. The molecule has 3 N–H and O–H groups in total. The molecular weight excluding hydrogens is 233 g/mol. The first-order valence-electron chi connectivity index (χ1n) is 5.27. The second kappa shape index (κ2) is 4.35. The standard InChI is InChI=1S/C11H13F3N2O/c1-5-2-8(5)16-9-4-10(17-11(13)14)6(12)3-7(9)15/h3-5,8,11,16H,2,15H2,1H3. The number of nitrogen functional groups attached to an aromatic ring is 1. The Morgan fingerprint density at radius 1 is 1.47 bits per heavy atom. The fourth-order valence-electron chi connectivity index (χ4n) is 1.60. The monoisotopic (exact) mass is 246 g/mol. The van der Waals surface area contributed by atoms with Crippen molar-refractivity contribution in [2.45, 2.75) is 26.0 Å². The number of hydrogen-bond donors (Lipinski definition) is 2. The van der Waals surface area contributed by atoms with Crippen LogP contribution in [0.5, 0.6) is 5.75 Å². The molecule has 1 fully saturated rings. The fraction of sp³-hybridized carbons (Fsp3) is 0.455. The molecule has 0 spiro atoms. The molecule has 1 saturated carbocycles. The molecule has 2 rings (SSSR count). The smallest absolute Gasteiger partial charge is 0.387 e. The third kappa shape index (κ3) is 2.75. The number of halogens is 3. The highest BCUT2D eigenvalue weighted by Crippen LogP contribution is 2.36. The van der Waals surface area contributed by atoms with Gasteiger partial charge >= 0.3 is 6.61 Å². The number of nitrogens with one attached hydrogen (secondary N) is 1. The molecule has 2 atom stereocenters. The van der Waals surface area contributed by atoms with Crippen LogP contribution in [0.1, 0.15) is 13.3 Å². The largest absolute Gasteiger partial charge is 0.432 e. The van der Waals surface area contributed by atoms with Gasteiger partial charge in [0.15, 0.2) is 11.6 Å². The van der Waals surface area contributed by atoms with E-state index in [-0.39, 0.29) is 11.7 Å². The van der Waals surface area contributed by atoms with E-state index in [1.807, 2.05) is 6.92 Å². The maximum absolute atomic E-state index is 13.3. The Bertz CT molecular complexity index is 425. The zero-order chi connectivity index (χ0) is 12.6. The molecule has 0 aromatic heterocycles. The molecule has 0 radical (unpaired) electrons. The van der Waals surface area contributed by atoms with Gasteiger partial charge in [0.1, 0.15) is 0 Å². The van der Waals surface area contributed by atoms with Crippen LogP contribution in [-0.4, -0.2) is 12.7 Å². The van der Waals surface area contributed by atoms with Gasteiger partial charge in [-0.3, -0.25) is 0 Å². The fourth-order valence-corrected chi connectivity index (χ4v) is 1.60. The molecule has 1 aromatic carbocycles. The zero-order valence-electron chi connectivity index (χ0n) is 9.21. The number of anilines is 2. The van der Waals surface area contributed by atoms with Crippen molar-refractivity contribution in [2.75, 3.05) is 11.1 Å². The molecule has 6 heteroatoms. The van der Waals surface area contributed by atoms with Crippen LogP contribution in [0.2, 0.25) is 0 Å². The van der Waals surface area contributed by atoms with Crippen LogP contribution in [-0.2, 0) is 0 Å². The summed E-state index contributed by atoms with van der Waals surface area (Å²) in [7, 11) is 0. The minimum Gasteiger partial charge on any atom is -0.432 e. The van der Waals surface area contributed by atoms with Gasteiger partial charge in [-0.2, -0.15) is 8.78 Å². The van der Waals surface area contributed by atoms with Crippen molar-refractivity contribution in [2.24, 2.45) is 5.92 Å². The summed E-state index contributed by atoms with van der Waals surface area (Å²) in [5.74, 6) is -0.874. The first-order chi connectivity index (χ1) is 7.97. The van der Waals surface area contributed by atoms with E-state index in [1.54, 1.807) is 0 Å². The number of benzene rings is 1. The van der Waals surface area contributed by atoms with Crippen LogP contribution in [0, 0.1) is 11.7 Å². The molecule has 2 unspecified atom stereocenters. The SMILES string of the molecule is CC1CC1Nc1cc(OC(F)F)c(F)cc1N. The van der Waals surface area contributed by atoms with Crippen molar-refractivity contribution in [1.29, 1.82) is 0 Å². The van der Waals surface area contributed by atoms with Gasteiger partial charge in [-0.25, -0.2) is 4.39 Å². The van der Waals surface area contributed by atoms with Crippen molar-refractivity contribution in [3.8, 4) is 5.75 Å². The van der Waals surface area contributed by atoms with Gasteiger partial charge in [0, 0.05) is 18.2 Å². The Labute approximate surface area is 96.8 Å². The Balaban J connectivity index is 2.19. The summed E-state index contributed by atoms with van der Waals surface area (Å²) >= 11 is 0. The molecule has 0 heterocycles. The Morgan fingerprint density at radius 3 is 2.65 bits per heavy atom. The lowest BCUT2D eigenvalue weighted by atomic mass is 10.2. The van der Waals surface area contributed by atoms with Crippen LogP contribution in [0.3, 0.4) is 0 Å². The predicted octanol–water partition coefficient (Wildman–Crippen LogP) is 2.83. The maximum atomic E-state index is 13.3. The first-order valence-corrected chi connectivity index (χ1v) is 5.27. The van der Waals surface area contributed by atoms with E-state index in [9.17, 15) is 13.2 Å². The summed E-state index contributed by atoms with van der Waals surface area (Å²) in [6, 6.07) is 2.41. The summed E-state index contributed by atoms with van der Waals surface area (Å²) in [6.07, 6.45) is 0.988. The molecule has 1 aliphatic carbocycles. The van der Waals surface area contributed by atoms with Crippen LogP contribution >= 0.6 is 0 Å². The highest BCUT2D eigenvalue weighted by molar-refractivity contribution is 5.69. The molecule has 0 aliphatic heterocycles. The van der Waals surface area contributed by atoms with E-state index in [0.29, 0.717) is 11.6 Å². The average Bonchev–Trinajstić information content (AvgIpc) is 2.89. The summed E-state index contributed by atoms with van der Waals surface area (Å²) in [5.41, 5.74) is 6.21. The van der Waals surface area contributed by atoms with Crippen LogP contribution in [0.15, 0.2) is 12.1 Å². The van der Waals surface area contributed by atoms with Crippen molar-refractivity contribution >= 4 is 11.4 Å². The lowest BCUT2D eigenvalue weighted by Gasteiger charge is -2.12. The normalized spacial score (nSPS) is 22.6. The minimum absolute atomic E-state index is 0.184. The minimum atomic E-state index is -3.05. The molecule has 0 amide bonds. The third-order valence-electron chi connectivity index (χ3n) is 2.77. The summed E-state index contributed by atoms with van der Waals surface area (Å²) in [4.78, 5) is 0. The van der Waals surface area contributed by atoms with Gasteiger partial charge in [0.2, 0.25) is 0 Å². The van der Waals surface area contributed by atoms with E-state index < -0.39 is 18.2 Å². The topological polar surface area (TPSA) is 47.3 Å². The molecule has 3 nitrogen and oxygen atoms in total. The van der Waals surface area contributed by atoms with E-state index in [4.69, 9.17) is 5.73 Å². The molecule has 1 aromatic rings. The van der Waals surface area contributed by atoms with Crippen molar-refractivity contribution < 1.29 is 17.9 Å². The second-order valence-corrected chi connectivity index (χ2v) is 4.21. The number of alkyl halides is 2. The number of ether oxygens (including phenoxy) is 1. The van der Waals surface area contributed by atoms with E-state index in [0.717, 1.165) is 12.5 Å². The van der Waals surface area contributed by atoms with Crippen molar-refractivity contribution in [3.63, 3.8) is 0 Å². The van der Waals surface area contributed by atoms with Gasteiger partial charge in [-0.15, -0.1) is 0 Å². The summed E-state index contributed by atoms with van der Waals surface area (Å²) in [6.45, 7) is -1.01. The zero-order valence-corrected chi connectivity index (χ0v) is 9.21. The Morgan fingerprint density at radius 2 is 2.12 bits per heavy atom. The van der Waals surface area contributed by atoms with E-state index >= 15 is 0 Å². The lowest BCUT2D eigenvalue weighted by molar-refractivity contribution is -0.0521. The van der Waals surface area contributed by atoms with Gasteiger partial charge in [0.05, 0.1) is 11.4 Å². The first kappa shape index (κ1) is 11.9. The molecule has 17 heavy (non-hydrogen) atoms. The predicted molar refractivity (Wildman–Crippen MR) is 58.6 cm³/mol. The van der Waals surface area contributed by atoms with Gasteiger partial charge in [0.25, 0.3) is 0 Å². The quantitative estimate of drug-likeness (QED) is 0.803. The third-order valence-corrected chi connectivity index (χ3v) is 2.77. The Hall–Kier alpha value is -1.59. The molecule has 94 valence electrons. The van der Waals surface area contributed by atoms with Crippen LogP contribution in [0.25, 0.3) is 0 Å². The van der Waals surface area contributed by atoms with Crippen LogP contribution < -0.4 is 15.8 Å². The molecule has 0 saturated heterocycles. The van der Waals surface area contributed by atoms with Gasteiger partial charge < -0.3 is 15.8 Å². The lowest BCUT2D eigenvalue weighted by Crippen LogP contribution is -2.09. The highest BCUT2D eigenvalue weighted by atomic mass is 19.3. The summed E-state index contributed by atoms with van der Waals surface area (Å²) < 4.78 is 41.4. The number of nitrogens with two attached hydrogens (primary N) is 1. The summed E-state index contributed by atoms with van der Waals surface area (Å²) in [5, 5.41) is 3.06. The van der Waals surface area contributed by atoms with Crippen molar-refractivity contribution in [1.82, 2.24) is 0 Å². The highest BCUT2D eigenvalue weighted by Gasteiger charge is 2.33. The van der Waals surface area contributed by atoms with E-state index in [1.165, 1.54) is 6.07 Å². The number of rotatable bonds is 4. The van der Waals surface area contributed by atoms with Gasteiger partial charge in [-0.05, 0) is 12.3 Å². The van der Waals surface area contributed by atoms with Gasteiger partial charge in [-0.1, -0.05) is 6.92 Å². The second-order valence-electron chi connectivity index (χ2n) is 4.21. The number of hydrogen-bond acceptors (Lipinski definition) is 3. The molecular formula is C11H13F3N2O. The van der Waals surface area contributed by atoms with Crippen molar-refractivity contribution in [3.05, 3.63) is 17.9 Å².